The quantitative estimate of drug-likeness (QED) is 0.445. The molecule has 2 aromatic heterocycles. The van der Waals surface area contributed by atoms with Gasteiger partial charge < -0.3 is 10.3 Å². The van der Waals surface area contributed by atoms with Crippen LogP contribution in [0, 0.1) is 0 Å². The van der Waals surface area contributed by atoms with Crippen LogP contribution >= 0.6 is 23.1 Å². The van der Waals surface area contributed by atoms with Gasteiger partial charge in [-0.1, -0.05) is 36.4 Å². The average molecular weight is 296 g/mol. The molecule has 0 radical (unpaired) electrons. The SMILES string of the molecule is CCCCNc1nnc(SCC(=O)c2ccc[nH]2)s1. The second kappa shape index (κ2) is 7.30. The van der Waals surface area contributed by atoms with Gasteiger partial charge >= 0.3 is 0 Å². The lowest BCUT2D eigenvalue weighted by molar-refractivity contribution is 0.101. The van der Waals surface area contributed by atoms with Gasteiger partial charge in [0.2, 0.25) is 5.13 Å². The number of carbonyl (C=O) groups excluding carboxylic acids is 1. The Kier molecular flexibility index (Phi) is 5.41. The van der Waals surface area contributed by atoms with Crippen LogP contribution in [0.3, 0.4) is 0 Å². The summed E-state index contributed by atoms with van der Waals surface area (Å²) < 4.78 is 0.818. The predicted octanol–water partition coefficient (Wildman–Crippen LogP) is 3.05. The number of carbonyl (C=O) groups is 1. The van der Waals surface area contributed by atoms with Gasteiger partial charge in [0.1, 0.15) is 0 Å². The van der Waals surface area contributed by atoms with Gasteiger partial charge in [-0.25, -0.2) is 0 Å². The molecule has 2 N–H and O–H groups in total. The molecule has 7 heteroatoms. The van der Waals surface area contributed by atoms with Crippen molar-refractivity contribution in [3.63, 3.8) is 0 Å². The first-order valence-electron chi connectivity index (χ1n) is 6.16. The van der Waals surface area contributed by atoms with Crippen LogP contribution in [0.25, 0.3) is 0 Å². The summed E-state index contributed by atoms with van der Waals surface area (Å²) in [5, 5.41) is 12.1. The zero-order chi connectivity index (χ0) is 13.5. The third-order valence-electron chi connectivity index (χ3n) is 2.44. The molecule has 2 heterocycles. The maximum absolute atomic E-state index is 11.8. The Morgan fingerprint density at radius 3 is 3.16 bits per heavy atom. The number of rotatable bonds is 8. The van der Waals surface area contributed by atoms with E-state index in [0.717, 1.165) is 28.9 Å². The van der Waals surface area contributed by atoms with Crippen LogP contribution in [-0.2, 0) is 0 Å². The lowest BCUT2D eigenvalue weighted by Gasteiger charge is -1.97. The number of H-pyrrole nitrogens is 1. The molecule has 19 heavy (non-hydrogen) atoms. The first-order chi connectivity index (χ1) is 9.29. The van der Waals surface area contributed by atoms with Crippen molar-refractivity contribution in [1.82, 2.24) is 15.2 Å². The predicted molar refractivity (Wildman–Crippen MR) is 79.2 cm³/mol. The Morgan fingerprint density at radius 2 is 2.42 bits per heavy atom. The van der Waals surface area contributed by atoms with Crippen LogP contribution in [0.2, 0.25) is 0 Å². The minimum atomic E-state index is 0.0747. The normalized spacial score (nSPS) is 10.6. The van der Waals surface area contributed by atoms with Crippen molar-refractivity contribution in [3.8, 4) is 0 Å². The van der Waals surface area contributed by atoms with Crippen LogP contribution in [-0.4, -0.2) is 33.3 Å². The van der Waals surface area contributed by atoms with E-state index in [2.05, 4.69) is 27.4 Å². The smallest absolute Gasteiger partial charge is 0.206 e. The van der Waals surface area contributed by atoms with E-state index in [1.807, 2.05) is 6.07 Å². The summed E-state index contributed by atoms with van der Waals surface area (Å²) in [6, 6.07) is 3.60. The molecule has 5 nitrogen and oxygen atoms in total. The maximum atomic E-state index is 11.8. The van der Waals surface area contributed by atoms with E-state index >= 15 is 0 Å². The molecule has 0 fully saturated rings. The number of nitrogens with one attached hydrogen (secondary N) is 2. The minimum Gasteiger partial charge on any atom is -0.360 e. The topological polar surface area (TPSA) is 70.7 Å². The molecule has 0 bridgehead atoms. The highest BCUT2D eigenvalue weighted by Crippen LogP contribution is 2.25. The van der Waals surface area contributed by atoms with Crippen LogP contribution in [0.5, 0.6) is 0 Å². The van der Waals surface area contributed by atoms with E-state index in [0.29, 0.717) is 11.4 Å². The second-order valence-electron chi connectivity index (χ2n) is 3.95. The van der Waals surface area contributed by atoms with Crippen molar-refractivity contribution < 1.29 is 4.79 Å². The molecule has 0 amide bonds. The lowest BCUT2D eigenvalue weighted by Crippen LogP contribution is -2.02. The number of Topliss-reactive ketones (excluding diaryl/α,β-unsaturated/α-hetero) is 1. The van der Waals surface area contributed by atoms with Crippen molar-refractivity contribution in [2.24, 2.45) is 0 Å². The Labute approximate surface area is 120 Å². The van der Waals surface area contributed by atoms with E-state index in [4.69, 9.17) is 0 Å². The lowest BCUT2D eigenvalue weighted by atomic mass is 10.3. The summed E-state index contributed by atoms with van der Waals surface area (Å²) in [7, 11) is 0. The summed E-state index contributed by atoms with van der Waals surface area (Å²) >= 11 is 2.91. The Hall–Kier alpha value is -1.34. The first-order valence-corrected chi connectivity index (χ1v) is 7.96. The van der Waals surface area contributed by atoms with Crippen molar-refractivity contribution >= 4 is 34.0 Å². The summed E-state index contributed by atoms with van der Waals surface area (Å²) in [6.45, 7) is 3.06. The third kappa shape index (κ3) is 4.36. The minimum absolute atomic E-state index is 0.0747. The van der Waals surface area contributed by atoms with Crippen molar-refractivity contribution in [1.29, 1.82) is 0 Å². The number of anilines is 1. The molecule has 0 unspecified atom stereocenters. The molecular weight excluding hydrogens is 280 g/mol. The zero-order valence-electron chi connectivity index (χ0n) is 10.7. The number of thioether (sulfide) groups is 1. The number of hydrogen-bond donors (Lipinski definition) is 2. The van der Waals surface area contributed by atoms with Gasteiger partial charge in [-0.05, 0) is 18.6 Å². The summed E-state index contributed by atoms with van der Waals surface area (Å²) in [4.78, 5) is 14.7. The third-order valence-corrected chi connectivity index (χ3v) is 4.45. The van der Waals surface area contributed by atoms with E-state index in [-0.39, 0.29) is 5.78 Å². The molecule has 0 aliphatic carbocycles. The van der Waals surface area contributed by atoms with Gasteiger partial charge in [-0.15, -0.1) is 10.2 Å². The van der Waals surface area contributed by atoms with Gasteiger partial charge in [0.05, 0.1) is 11.4 Å². The molecule has 0 saturated heterocycles. The largest absolute Gasteiger partial charge is 0.360 e. The molecule has 2 aromatic rings. The molecule has 102 valence electrons. The molecule has 0 spiro atoms. The van der Waals surface area contributed by atoms with E-state index in [9.17, 15) is 4.79 Å². The van der Waals surface area contributed by atoms with Gasteiger partial charge in [-0.2, -0.15) is 0 Å². The maximum Gasteiger partial charge on any atom is 0.206 e. The highest BCUT2D eigenvalue weighted by molar-refractivity contribution is 8.01. The first kappa shape index (κ1) is 14.1. The van der Waals surface area contributed by atoms with Crippen LogP contribution < -0.4 is 5.32 Å². The van der Waals surface area contributed by atoms with E-state index < -0.39 is 0 Å². The van der Waals surface area contributed by atoms with Gasteiger partial charge in [0, 0.05) is 12.7 Å². The molecule has 0 saturated carbocycles. The van der Waals surface area contributed by atoms with E-state index in [1.165, 1.54) is 23.1 Å². The number of ketones is 1. The number of nitrogens with zero attached hydrogens (tertiary/aromatic N) is 2. The van der Waals surface area contributed by atoms with Gasteiger partial charge in [0.25, 0.3) is 0 Å². The van der Waals surface area contributed by atoms with Crippen LogP contribution in [0.15, 0.2) is 22.7 Å². The standard InChI is InChI=1S/C12H16N4OS2/c1-2-3-6-14-11-15-16-12(19-11)18-8-10(17)9-5-4-7-13-9/h4-5,7,13H,2-3,6,8H2,1H3,(H,14,15). The van der Waals surface area contributed by atoms with E-state index in [1.54, 1.807) is 12.3 Å². The highest BCUT2D eigenvalue weighted by atomic mass is 32.2. The Bertz CT molecular complexity index is 510. The fourth-order valence-electron chi connectivity index (χ4n) is 1.42. The highest BCUT2D eigenvalue weighted by Gasteiger charge is 2.10. The average Bonchev–Trinajstić information content (AvgIpc) is 3.08. The fourth-order valence-corrected chi connectivity index (χ4v) is 3.08. The molecule has 0 atom stereocenters. The fraction of sp³-hybridized carbons (Fsp3) is 0.417. The number of aromatic nitrogens is 3. The van der Waals surface area contributed by atoms with Gasteiger partial charge in [-0.3, -0.25) is 4.79 Å². The molecular formula is C12H16N4OS2. The zero-order valence-corrected chi connectivity index (χ0v) is 12.3. The Morgan fingerprint density at radius 1 is 1.53 bits per heavy atom. The monoisotopic (exact) mass is 296 g/mol. The van der Waals surface area contributed by atoms with Crippen LogP contribution in [0.4, 0.5) is 5.13 Å². The number of aromatic amines is 1. The summed E-state index contributed by atoms with van der Waals surface area (Å²) in [5.74, 6) is 0.454. The Balaban J connectivity index is 1.78. The van der Waals surface area contributed by atoms with Crippen molar-refractivity contribution in [2.75, 3.05) is 17.6 Å². The molecule has 0 aliphatic heterocycles. The second-order valence-corrected chi connectivity index (χ2v) is 6.15. The van der Waals surface area contributed by atoms with Crippen molar-refractivity contribution in [2.45, 2.75) is 24.1 Å². The number of unbranched alkanes of at least 4 members (excludes halogenated alkanes) is 1. The van der Waals surface area contributed by atoms with Gasteiger partial charge in [0.15, 0.2) is 10.1 Å². The van der Waals surface area contributed by atoms with Crippen LogP contribution in [0.1, 0.15) is 30.3 Å². The molecule has 0 aliphatic rings. The van der Waals surface area contributed by atoms with Crippen molar-refractivity contribution in [3.05, 3.63) is 24.0 Å². The molecule has 0 aromatic carbocycles. The summed E-state index contributed by atoms with van der Waals surface area (Å²) in [6.07, 6.45) is 4.02. The summed E-state index contributed by atoms with van der Waals surface area (Å²) in [5.41, 5.74) is 0.637. The molecule has 2 rings (SSSR count). The number of hydrogen-bond acceptors (Lipinski definition) is 6.